The van der Waals surface area contributed by atoms with Gasteiger partial charge in [-0.3, -0.25) is 0 Å². The lowest BCUT2D eigenvalue weighted by molar-refractivity contribution is 0.190. The molecular formula is C10H9Cl2NO2. The number of fused-ring (bicyclic) bond motifs is 1. The van der Waals surface area contributed by atoms with E-state index in [2.05, 4.69) is 5.32 Å². The van der Waals surface area contributed by atoms with Gasteiger partial charge in [0, 0.05) is 16.1 Å². The lowest BCUT2D eigenvalue weighted by atomic mass is 10.1. The summed E-state index contributed by atoms with van der Waals surface area (Å²) in [5, 5.41) is 12.3. The van der Waals surface area contributed by atoms with E-state index in [-0.39, 0.29) is 6.04 Å². The molecule has 1 atom stereocenters. The molecule has 1 aliphatic carbocycles. The fourth-order valence-electron chi connectivity index (χ4n) is 1.93. The van der Waals surface area contributed by atoms with Gasteiger partial charge in [-0.25, -0.2) is 4.79 Å². The Morgan fingerprint density at radius 2 is 2.13 bits per heavy atom. The summed E-state index contributed by atoms with van der Waals surface area (Å²) in [6, 6.07) is 3.44. The number of amides is 1. The maximum Gasteiger partial charge on any atom is 0.404 e. The van der Waals surface area contributed by atoms with Gasteiger partial charge in [-0.15, -0.1) is 0 Å². The Bertz CT molecular complexity index is 420. The van der Waals surface area contributed by atoms with E-state index in [4.69, 9.17) is 28.3 Å². The Hall–Kier alpha value is -0.930. The van der Waals surface area contributed by atoms with Crippen LogP contribution in [0.4, 0.5) is 4.79 Å². The van der Waals surface area contributed by atoms with Gasteiger partial charge in [0.05, 0.1) is 0 Å². The highest BCUT2D eigenvalue weighted by molar-refractivity contribution is 6.35. The lowest BCUT2D eigenvalue weighted by Gasteiger charge is -2.07. The normalized spacial score (nSPS) is 18.7. The van der Waals surface area contributed by atoms with Crippen LogP contribution in [0.15, 0.2) is 12.1 Å². The minimum Gasteiger partial charge on any atom is -0.465 e. The maximum atomic E-state index is 10.5. The predicted octanol–water partition coefficient (Wildman–Crippen LogP) is 2.73. The second kappa shape index (κ2) is 3.91. The van der Waals surface area contributed by atoms with Crippen LogP contribution in [0.1, 0.15) is 11.1 Å². The first-order valence-electron chi connectivity index (χ1n) is 4.52. The number of rotatable bonds is 1. The van der Waals surface area contributed by atoms with E-state index in [0.717, 1.165) is 11.1 Å². The number of hydrogen-bond donors (Lipinski definition) is 2. The van der Waals surface area contributed by atoms with Gasteiger partial charge in [0.1, 0.15) is 0 Å². The summed E-state index contributed by atoms with van der Waals surface area (Å²) >= 11 is 11.9. The van der Waals surface area contributed by atoms with Gasteiger partial charge in [0.2, 0.25) is 0 Å². The van der Waals surface area contributed by atoms with Gasteiger partial charge in [-0.05, 0) is 36.1 Å². The van der Waals surface area contributed by atoms with Crippen LogP contribution >= 0.6 is 23.2 Å². The van der Waals surface area contributed by atoms with Gasteiger partial charge >= 0.3 is 6.09 Å². The Morgan fingerprint density at radius 3 is 2.80 bits per heavy atom. The molecule has 0 saturated carbocycles. The van der Waals surface area contributed by atoms with Gasteiger partial charge < -0.3 is 10.4 Å². The Morgan fingerprint density at radius 1 is 1.40 bits per heavy atom. The van der Waals surface area contributed by atoms with Crippen LogP contribution in [-0.2, 0) is 12.8 Å². The summed E-state index contributed by atoms with van der Waals surface area (Å²) in [5.74, 6) is 0. The van der Waals surface area contributed by atoms with Crippen LogP contribution in [0.2, 0.25) is 10.0 Å². The average molecular weight is 246 g/mol. The van der Waals surface area contributed by atoms with Crippen molar-refractivity contribution in [2.45, 2.75) is 18.9 Å². The molecule has 80 valence electrons. The Balaban J connectivity index is 2.23. The highest BCUT2D eigenvalue weighted by Crippen LogP contribution is 2.32. The number of benzene rings is 1. The molecule has 1 aromatic carbocycles. The van der Waals surface area contributed by atoms with Crippen molar-refractivity contribution in [1.29, 1.82) is 0 Å². The summed E-state index contributed by atoms with van der Waals surface area (Å²) < 4.78 is 0. The molecule has 1 aliphatic rings. The third-order valence-electron chi connectivity index (χ3n) is 2.50. The molecular weight excluding hydrogens is 237 g/mol. The molecule has 0 bridgehead atoms. The van der Waals surface area contributed by atoms with E-state index in [1.165, 1.54) is 0 Å². The zero-order valence-corrected chi connectivity index (χ0v) is 9.27. The molecule has 3 nitrogen and oxygen atoms in total. The largest absolute Gasteiger partial charge is 0.465 e. The van der Waals surface area contributed by atoms with Crippen molar-refractivity contribution in [2.75, 3.05) is 0 Å². The highest BCUT2D eigenvalue weighted by Gasteiger charge is 2.25. The summed E-state index contributed by atoms with van der Waals surface area (Å²) in [6.07, 6.45) is 0.287. The minimum absolute atomic E-state index is 0.0894. The third-order valence-corrected chi connectivity index (χ3v) is 3.05. The fraction of sp³-hybridized carbons (Fsp3) is 0.300. The van der Waals surface area contributed by atoms with Gasteiger partial charge in [-0.1, -0.05) is 23.2 Å². The molecule has 1 amide bonds. The molecule has 2 N–H and O–H groups in total. The van der Waals surface area contributed by atoms with Crippen LogP contribution in [0.25, 0.3) is 0 Å². The Labute approximate surface area is 97.0 Å². The van der Waals surface area contributed by atoms with E-state index in [1.807, 2.05) is 6.07 Å². The molecule has 5 heteroatoms. The van der Waals surface area contributed by atoms with Crippen LogP contribution in [0.3, 0.4) is 0 Å². The van der Waals surface area contributed by atoms with Crippen molar-refractivity contribution in [1.82, 2.24) is 5.32 Å². The van der Waals surface area contributed by atoms with Crippen molar-refractivity contribution >= 4 is 29.3 Å². The highest BCUT2D eigenvalue weighted by atomic mass is 35.5. The van der Waals surface area contributed by atoms with Crippen LogP contribution in [0.5, 0.6) is 0 Å². The van der Waals surface area contributed by atoms with Gasteiger partial charge in [0.25, 0.3) is 0 Å². The van der Waals surface area contributed by atoms with Crippen LogP contribution < -0.4 is 5.32 Å². The molecule has 1 aromatic rings. The van der Waals surface area contributed by atoms with Crippen molar-refractivity contribution in [2.24, 2.45) is 0 Å². The Kier molecular flexibility index (Phi) is 2.76. The fourth-order valence-corrected chi connectivity index (χ4v) is 2.54. The zero-order valence-electron chi connectivity index (χ0n) is 7.76. The van der Waals surface area contributed by atoms with E-state index >= 15 is 0 Å². The molecule has 0 aliphatic heterocycles. The lowest BCUT2D eigenvalue weighted by Crippen LogP contribution is -2.33. The molecule has 0 saturated heterocycles. The topological polar surface area (TPSA) is 49.3 Å². The van der Waals surface area contributed by atoms with Gasteiger partial charge in [-0.2, -0.15) is 0 Å². The minimum atomic E-state index is -1.00. The molecule has 15 heavy (non-hydrogen) atoms. The summed E-state index contributed by atoms with van der Waals surface area (Å²) in [4.78, 5) is 10.5. The molecule has 2 rings (SSSR count). The monoisotopic (exact) mass is 245 g/mol. The van der Waals surface area contributed by atoms with Crippen LogP contribution in [0, 0.1) is 0 Å². The predicted molar refractivity (Wildman–Crippen MR) is 58.8 cm³/mol. The summed E-state index contributed by atoms with van der Waals surface area (Å²) in [7, 11) is 0. The smallest absolute Gasteiger partial charge is 0.404 e. The second-order valence-electron chi connectivity index (χ2n) is 3.58. The van der Waals surface area contributed by atoms with Crippen molar-refractivity contribution < 1.29 is 9.90 Å². The van der Waals surface area contributed by atoms with E-state index in [1.54, 1.807) is 6.07 Å². The molecule has 1 unspecified atom stereocenters. The molecule has 0 aromatic heterocycles. The second-order valence-corrected chi connectivity index (χ2v) is 4.42. The number of nitrogens with one attached hydrogen (secondary N) is 1. The van der Waals surface area contributed by atoms with Crippen LogP contribution in [-0.4, -0.2) is 17.2 Å². The third kappa shape index (κ3) is 2.19. The van der Waals surface area contributed by atoms with Crippen molar-refractivity contribution in [3.05, 3.63) is 33.3 Å². The molecule has 0 spiro atoms. The van der Waals surface area contributed by atoms with E-state index < -0.39 is 6.09 Å². The van der Waals surface area contributed by atoms with E-state index in [0.29, 0.717) is 22.9 Å². The molecule has 0 radical (unpaired) electrons. The van der Waals surface area contributed by atoms with Crippen molar-refractivity contribution in [3.63, 3.8) is 0 Å². The van der Waals surface area contributed by atoms with Gasteiger partial charge in [0.15, 0.2) is 0 Å². The zero-order chi connectivity index (χ0) is 11.0. The first-order chi connectivity index (χ1) is 7.06. The van der Waals surface area contributed by atoms with E-state index in [9.17, 15) is 4.79 Å². The quantitative estimate of drug-likeness (QED) is 0.800. The first-order valence-corrected chi connectivity index (χ1v) is 5.28. The number of halogens is 2. The average Bonchev–Trinajstić information content (AvgIpc) is 2.45. The number of carboxylic acid groups (broad SMARTS) is 1. The first kappa shape index (κ1) is 10.6. The number of hydrogen-bond acceptors (Lipinski definition) is 1. The standard InChI is InChI=1S/C10H9Cl2NO2/c11-6-1-5-2-7(13-10(14)15)4-8(5)9(12)3-6/h1,3,7,13H,2,4H2,(H,14,15). The van der Waals surface area contributed by atoms with Crippen molar-refractivity contribution in [3.8, 4) is 0 Å². The molecule has 0 fully saturated rings. The summed E-state index contributed by atoms with van der Waals surface area (Å²) in [6.45, 7) is 0. The molecule has 0 heterocycles. The SMILES string of the molecule is O=C(O)NC1Cc2cc(Cl)cc(Cl)c2C1. The summed E-state index contributed by atoms with van der Waals surface area (Å²) in [5.41, 5.74) is 2.03. The maximum absolute atomic E-state index is 10.5. The number of carbonyl (C=O) groups is 1.